The van der Waals surface area contributed by atoms with E-state index in [4.69, 9.17) is 11.6 Å². The van der Waals surface area contributed by atoms with E-state index in [0.29, 0.717) is 5.02 Å². The summed E-state index contributed by atoms with van der Waals surface area (Å²) in [5, 5.41) is 6.10. The van der Waals surface area contributed by atoms with Crippen molar-refractivity contribution < 1.29 is 0 Å². The van der Waals surface area contributed by atoms with Gasteiger partial charge in [0.25, 0.3) is 0 Å². The first-order chi connectivity index (χ1) is 8.29. The maximum Gasteiger partial charge on any atom is 0.0589 e. The molecule has 2 rings (SSSR count). The van der Waals surface area contributed by atoms with Crippen LogP contribution in [0.15, 0.2) is 35.8 Å². The number of aryl methyl sites for hydroxylation is 1. The standard InChI is InChI=1S/C13H15ClN2S/c1-15-12(7-5-11-3-2-8-17-11)13-6-4-10(14)9-16-13/h2-4,6,8-9,12,15H,5,7H2,1H3. The van der Waals surface area contributed by atoms with Gasteiger partial charge in [-0.1, -0.05) is 17.7 Å². The highest BCUT2D eigenvalue weighted by atomic mass is 35.5. The summed E-state index contributed by atoms with van der Waals surface area (Å²) >= 11 is 7.64. The van der Waals surface area contributed by atoms with Crippen molar-refractivity contribution in [2.24, 2.45) is 0 Å². The second-order valence-electron chi connectivity index (χ2n) is 3.86. The zero-order chi connectivity index (χ0) is 12.1. The van der Waals surface area contributed by atoms with Gasteiger partial charge in [-0.2, -0.15) is 0 Å². The molecule has 2 nitrogen and oxygen atoms in total. The van der Waals surface area contributed by atoms with E-state index in [2.05, 4.69) is 27.8 Å². The summed E-state index contributed by atoms with van der Waals surface area (Å²) in [6.07, 6.45) is 3.82. The lowest BCUT2D eigenvalue weighted by molar-refractivity contribution is 0.538. The van der Waals surface area contributed by atoms with Gasteiger partial charge in [-0.3, -0.25) is 4.98 Å². The SMILES string of the molecule is CNC(CCc1cccs1)c1ccc(Cl)cn1. The Balaban J connectivity index is 1.99. The molecular weight excluding hydrogens is 252 g/mol. The molecule has 0 aliphatic rings. The smallest absolute Gasteiger partial charge is 0.0589 e. The number of hydrogen-bond donors (Lipinski definition) is 1. The van der Waals surface area contributed by atoms with Crippen molar-refractivity contribution in [2.75, 3.05) is 7.05 Å². The minimum absolute atomic E-state index is 0.286. The molecule has 2 aromatic rings. The zero-order valence-corrected chi connectivity index (χ0v) is 11.3. The maximum atomic E-state index is 5.84. The van der Waals surface area contributed by atoms with Crippen LogP contribution >= 0.6 is 22.9 Å². The van der Waals surface area contributed by atoms with Gasteiger partial charge in [-0.25, -0.2) is 0 Å². The first-order valence-corrected chi connectivity index (χ1v) is 6.86. The summed E-state index contributed by atoms with van der Waals surface area (Å²) < 4.78 is 0. The number of pyridine rings is 1. The van der Waals surface area contributed by atoms with Gasteiger partial charge in [0.1, 0.15) is 0 Å². The quantitative estimate of drug-likeness (QED) is 0.893. The lowest BCUT2D eigenvalue weighted by Gasteiger charge is -2.15. The number of thiophene rings is 1. The molecule has 1 unspecified atom stereocenters. The maximum absolute atomic E-state index is 5.84. The molecule has 0 aliphatic heterocycles. The summed E-state index contributed by atoms with van der Waals surface area (Å²) in [6, 6.07) is 8.42. The molecular formula is C13H15ClN2S. The minimum atomic E-state index is 0.286. The van der Waals surface area contributed by atoms with Crippen LogP contribution in [0.4, 0.5) is 0 Å². The van der Waals surface area contributed by atoms with Crippen LogP contribution < -0.4 is 5.32 Å². The van der Waals surface area contributed by atoms with Gasteiger partial charge in [0.15, 0.2) is 0 Å². The fraction of sp³-hybridized carbons (Fsp3) is 0.308. The molecule has 1 N–H and O–H groups in total. The molecule has 90 valence electrons. The van der Waals surface area contributed by atoms with E-state index in [0.717, 1.165) is 18.5 Å². The Morgan fingerprint density at radius 1 is 1.41 bits per heavy atom. The van der Waals surface area contributed by atoms with Crippen LogP contribution in [-0.4, -0.2) is 12.0 Å². The highest BCUT2D eigenvalue weighted by Gasteiger charge is 2.10. The number of aromatic nitrogens is 1. The van der Waals surface area contributed by atoms with Gasteiger partial charge >= 0.3 is 0 Å². The van der Waals surface area contributed by atoms with Crippen molar-refractivity contribution in [2.45, 2.75) is 18.9 Å². The fourth-order valence-electron chi connectivity index (χ4n) is 1.77. The van der Waals surface area contributed by atoms with Gasteiger partial charge in [0.05, 0.1) is 10.7 Å². The third-order valence-corrected chi connectivity index (χ3v) is 3.88. The van der Waals surface area contributed by atoms with Crippen molar-refractivity contribution in [3.8, 4) is 0 Å². The number of nitrogens with zero attached hydrogens (tertiary/aromatic N) is 1. The lowest BCUT2D eigenvalue weighted by Crippen LogP contribution is -2.18. The van der Waals surface area contributed by atoms with E-state index in [1.165, 1.54) is 4.88 Å². The summed E-state index contributed by atoms with van der Waals surface area (Å²) in [5.74, 6) is 0. The Kier molecular flexibility index (Phi) is 4.54. The molecule has 0 saturated carbocycles. The highest BCUT2D eigenvalue weighted by molar-refractivity contribution is 7.09. The van der Waals surface area contributed by atoms with E-state index in [-0.39, 0.29) is 6.04 Å². The molecule has 0 bridgehead atoms. The lowest BCUT2D eigenvalue weighted by atomic mass is 10.1. The average Bonchev–Trinajstić information content (AvgIpc) is 2.85. The van der Waals surface area contributed by atoms with Crippen LogP contribution in [-0.2, 0) is 6.42 Å². The number of rotatable bonds is 5. The van der Waals surface area contributed by atoms with Crippen LogP contribution in [0, 0.1) is 0 Å². The molecule has 2 heterocycles. The molecule has 17 heavy (non-hydrogen) atoms. The van der Waals surface area contributed by atoms with Gasteiger partial charge in [0.2, 0.25) is 0 Å². The molecule has 0 amide bonds. The molecule has 0 fully saturated rings. The number of hydrogen-bond acceptors (Lipinski definition) is 3. The largest absolute Gasteiger partial charge is 0.312 e. The Bertz CT molecular complexity index is 439. The van der Waals surface area contributed by atoms with Crippen LogP contribution in [0.3, 0.4) is 0 Å². The molecule has 0 radical (unpaired) electrons. The van der Waals surface area contributed by atoms with Crippen molar-refractivity contribution in [3.63, 3.8) is 0 Å². The van der Waals surface area contributed by atoms with Gasteiger partial charge in [-0.05, 0) is 43.5 Å². The Morgan fingerprint density at radius 2 is 2.29 bits per heavy atom. The molecule has 0 aromatic carbocycles. The summed E-state index contributed by atoms with van der Waals surface area (Å²) in [4.78, 5) is 5.77. The number of halogens is 1. The Hall–Kier alpha value is -0.900. The summed E-state index contributed by atoms with van der Waals surface area (Å²) in [5.41, 5.74) is 1.05. The number of nitrogens with one attached hydrogen (secondary N) is 1. The second-order valence-corrected chi connectivity index (χ2v) is 5.33. The topological polar surface area (TPSA) is 24.9 Å². The molecule has 4 heteroatoms. The predicted molar refractivity (Wildman–Crippen MR) is 73.7 cm³/mol. The van der Waals surface area contributed by atoms with E-state index in [1.807, 2.05) is 19.2 Å². The van der Waals surface area contributed by atoms with E-state index < -0.39 is 0 Å². The van der Waals surface area contributed by atoms with Gasteiger partial charge in [0, 0.05) is 17.1 Å². The predicted octanol–water partition coefficient (Wildman–Crippen LogP) is 3.69. The highest BCUT2D eigenvalue weighted by Crippen LogP contribution is 2.20. The minimum Gasteiger partial charge on any atom is -0.312 e. The summed E-state index contributed by atoms with van der Waals surface area (Å²) in [7, 11) is 1.97. The third kappa shape index (κ3) is 3.53. The molecule has 1 atom stereocenters. The third-order valence-electron chi connectivity index (χ3n) is 2.72. The fourth-order valence-corrected chi connectivity index (χ4v) is 2.61. The molecule has 0 spiro atoms. The van der Waals surface area contributed by atoms with Crippen molar-refractivity contribution in [1.29, 1.82) is 0 Å². The second kappa shape index (κ2) is 6.15. The van der Waals surface area contributed by atoms with Crippen molar-refractivity contribution in [1.82, 2.24) is 10.3 Å². The van der Waals surface area contributed by atoms with Crippen molar-refractivity contribution in [3.05, 3.63) is 51.4 Å². The normalized spacial score (nSPS) is 12.6. The first-order valence-electron chi connectivity index (χ1n) is 5.60. The average molecular weight is 267 g/mol. The van der Waals surface area contributed by atoms with Crippen LogP contribution in [0.5, 0.6) is 0 Å². The van der Waals surface area contributed by atoms with Gasteiger partial charge < -0.3 is 5.32 Å². The van der Waals surface area contributed by atoms with Crippen LogP contribution in [0.1, 0.15) is 23.0 Å². The Labute approximate surface area is 111 Å². The molecule has 2 aromatic heterocycles. The monoisotopic (exact) mass is 266 g/mol. The van der Waals surface area contributed by atoms with Gasteiger partial charge in [-0.15, -0.1) is 11.3 Å². The van der Waals surface area contributed by atoms with Crippen LogP contribution in [0.25, 0.3) is 0 Å². The van der Waals surface area contributed by atoms with E-state index >= 15 is 0 Å². The Morgan fingerprint density at radius 3 is 2.88 bits per heavy atom. The summed E-state index contributed by atoms with van der Waals surface area (Å²) in [6.45, 7) is 0. The van der Waals surface area contributed by atoms with Crippen LogP contribution in [0.2, 0.25) is 5.02 Å². The molecule has 0 saturated heterocycles. The van der Waals surface area contributed by atoms with Crippen molar-refractivity contribution >= 4 is 22.9 Å². The van der Waals surface area contributed by atoms with E-state index in [9.17, 15) is 0 Å². The van der Waals surface area contributed by atoms with E-state index in [1.54, 1.807) is 17.5 Å². The molecule has 0 aliphatic carbocycles. The zero-order valence-electron chi connectivity index (χ0n) is 9.69. The first kappa shape index (κ1) is 12.6.